The molecule has 7 heteroatoms. The van der Waals surface area contributed by atoms with Gasteiger partial charge < -0.3 is 19.5 Å². The molecule has 162 valence electrons. The summed E-state index contributed by atoms with van der Waals surface area (Å²) in [5.41, 5.74) is 1.87. The average Bonchev–Trinajstić information content (AvgIpc) is 3.17. The maximum absolute atomic E-state index is 12.7. The molecule has 2 aromatic rings. The third kappa shape index (κ3) is 5.14. The van der Waals surface area contributed by atoms with E-state index in [-0.39, 0.29) is 12.5 Å². The van der Waals surface area contributed by atoms with Gasteiger partial charge in [0.2, 0.25) is 5.91 Å². The van der Waals surface area contributed by atoms with Crippen molar-refractivity contribution in [3.05, 3.63) is 29.1 Å². The maximum Gasteiger partial charge on any atom is 0.341 e. The minimum atomic E-state index is -0.448. The van der Waals surface area contributed by atoms with Crippen LogP contribution < -0.4 is 14.8 Å². The van der Waals surface area contributed by atoms with Gasteiger partial charge in [-0.2, -0.15) is 0 Å². The molecule has 1 fully saturated rings. The number of esters is 1. The van der Waals surface area contributed by atoms with E-state index in [1.165, 1.54) is 30.6 Å². The third-order valence-corrected chi connectivity index (χ3v) is 6.31. The van der Waals surface area contributed by atoms with Crippen LogP contribution in [0.15, 0.2) is 23.6 Å². The summed E-state index contributed by atoms with van der Waals surface area (Å²) in [6, 6.07) is 5.47. The van der Waals surface area contributed by atoms with Gasteiger partial charge in [0, 0.05) is 17.4 Å². The summed E-state index contributed by atoms with van der Waals surface area (Å²) in [7, 11) is 3.14. The molecule has 0 radical (unpaired) electrons. The molecule has 6 nitrogen and oxygen atoms in total. The second-order valence-electron chi connectivity index (χ2n) is 7.40. The van der Waals surface area contributed by atoms with E-state index >= 15 is 0 Å². The quantitative estimate of drug-likeness (QED) is 0.557. The van der Waals surface area contributed by atoms with Crippen molar-refractivity contribution in [3.8, 4) is 22.6 Å². The minimum Gasteiger partial charge on any atom is -0.493 e. The minimum absolute atomic E-state index is 0.0480. The van der Waals surface area contributed by atoms with Crippen LogP contribution in [0.5, 0.6) is 11.5 Å². The van der Waals surface area contributed by atoms with Crippen molar-refractivity contribution in [1.29, 1.82) is 0 Å². The number of methoxy groups -OCH3 is 2. The van der Waals surface area contributed by atoms with Crippen LogP contribution in [0.1, 0.15) is 55.8 Å². The third-order valence-electron chi connectivity index (χ3n) is 5.42. The summed E-state index contributed by atoms with van der Waals surface area (Å²) in [5, 5.41) is 5.35. The Morgan fingerprint density at radius 1 is 1.10 bits per heavy atom. The lowest BCUT2D eigenvalue weighted by molar-refractivity contribution is -0.117. The van der Waals surface area contributed by atoms with E-state index in [9.17, 15) is 9.59 Å². The topological polar surface area (TPSA) is 73.9 Å². The van der Waals surface area contributed by atoms with Gasteiger partial charge in [0.05, 0.1) is 20.8 Å². The first-order valence-electron chi connectivity index (χ1n) is 10.4. The van der Waals surface area contributed by atoms with Gasteiger partial charge in [-0.05, 0) is 43.4 Å². The Morgan fingerprint density at radius 2 is 1.83 bits per heavy atom. The molecular weight excluding hydrogens is 402 g/mol. The highest BCUT2D eigenvalue weighted by molar-refractivity contribution is 7.15. The fourth-order valence-corrected chi connectivity index (χ4v) is 4.88. The fourth-order valence-electron chi connectivity index (χ4n) is 3.90. The van der Waals surface area contributed by atoms with Crippen molar-refractivity contribution < 1.29 is 23.8 Å². The van der Waals surface area contributed by atoms with E-state index in [0.29, 0.717) is 40.0 Å². The van der Waals surface area contributed by atoms with Crippen molar-refractivity contribution >= 4 is 28.2 Å². The lowest BCUT2D eigenvalue weighted by Crippen LogP contribution is -2.19. The predicted octanol–water partition coefficient (Wildman–Crippen LogP) is 5.52. The van der Waals surface area contributed by atoms with Gasteiger partial charge in [-0.25, -0.2) is 4.79 Å². The Labute approximate surface area is 181 Å². The molecule has 1 aliphatic carbocycles. The molecule has 0 bridgehead atoms. The SMILES string of the molecule is CCOC(=O)c1c(-c2ccc(OC)c(OC)c2)csc1NC(=O)CC1CCCCC1. The van der Waals surface area contributed by atoms with Crippen molar-refractivity contribution in [2.45, 2.75) is 45.4 Å². The highest BCUT2D eigenvalue weighted by Crippen LogP contribution is 2.40. The molecule has 30 heavy (non-hydrogen) atoms. The number of nitrogens with one attached hydrogen (secondary N) is 1. The van der Waals surface area contributed by atoms with E-state index < -0.39 is 5.97 Å². The first kappa shape index (κ1) is 22.2. The molecule has 0 atom stereocenters. The number of carbonyl (C=O) groups is 2. The fraction of sp³-hybridized carbons (Fsp3) is 0.478. The molecule has 1 saturated carbocycles. The zero-order valence-corrected chi connectivity index (χ0v) is 18.6. The smallest absolute Gasteiger partial charge is 0.341 e. The van der Waals surface area contributed by atoms with Gasteiger partial charge in [-0.1, -0.05) is 25.3 Å². The van der Waals surface area contributed by atoms with Crippen molar-refractivity contribution in [3.63, 3.8) is 0 Å². The van der Waals surface area contributed by atoms with Crippen LogP contribution in [-0.4, -0.2) is 32.7 Å². The monoisotopic (exact) mass is 431 g/mol. The van der Waals surface area contributed by atoms with E-state index in [0.717, 1.165) is 18.4 Å². The molecule has 1 N–H and O–H groups in total. The number of carbonyl (C=O) groups excluding carboxylic acids is 2. The van der Waals surface area contributed by atoms with Gasteiger partial charge in [0.1, 0.15) is 10.6 Å². The summed E-state index contributed by atoms with van der Waals surface area (Å²) in [5.74, 6) is 1.11. The van der Waals surface area contributed by atoms with Gasteiger partial charge in [-0.3, -0.25) is 4.79 Å². The molecule has 0 saturated heterocycles. The zero-order valence-electron chi connectivity index (χ0n) is 17.8. The van der Waals surface area contributed by atoms with E-state index in [2.05, 4.69) is 5.32 Å². The number of anilines is 1. The van der Waals surface area contributed by atoms with Crippen molar-refractivity contribution in [2.24, 2.45) is 5.92 Å². The molecule has 1 aromatic carbocycles. The van der Waals surface area contributed by atoms with E-state index in [1.54, 1.807) is 27.2 Å². The Balaban J connectivity index is 1.88. The predicted molar refractivity (Wildman–Crippen MR) is 119 cm³/mol. The standard InChI is InChI=1S/C23H29NO5S/c1-4-29-23(26)21-17(16-10-11-18(27-2)19(13-16)28-3)14-30-22(21)24-20(25)12-15-8-6-5-7-9-15/h10-11,13-15H,4-9,12H2,1-3H3,(H,24,25). The molecule has 1 aliphatic rings. The highest BCUT2D eigenvalue weighted by atomic mass is 32.1. The van der Waals surface area contributed by atoms with Crippen LogP contribution in [0.2, 0.25) is 0 Å². The summed E-state index contributed by atoms with van der Waals surface area (Å²) < 4.78 is 16.0. The van der Waals surface area contributed by atoms with Crippen LogP contribution in [0.3, 0.4) is 0 Å². The van der Waals surface area contributed by atoms with Crippen LogP contribution in [0.4, 0.5) is 5.00 Å². The second-order valence-corrected chi connectivity index (χ2v) is 8.28. The van der Waals surface area contributed by atoms with Crippen LogP contribution in [0, 0.1) is 5.92 Å². The molecule has 1 aromatic heterocycles. The summed E-state index contributed by atoms with van der Waals surface area (Å²) in [6.07, 6.45) is 6.32. The maximum atomic E-state index is 12.7. The zero-order chi connectivity index (χ0) is 21.5. The molecule has 0 aliphatic heterocycles. The number of amides is 1. The Hall–Kier alpha value is -2.54. The van der Waals surface area contributed by atoms with Crippen LogP contribution in [0.25, 0.3) is 11.1 Å². The van der Waals surface area contributed by atoms with Crippen molar-refractivity contribution in [1.82, 2.24) is 0 Å². The summed E-state index contributed by atoms with van der Waals surface area (Å²) >= 11 is 1.33. The molecular formula is C23H29NO5S. The van der Waals surface area contributed by atoms with Gasteiger partial charge in [0.25, 0.3) is 0 Å². The van der Waals surface area contributed by atoms with E-state index in [1.807, 2.05) is 17.5 Å². The number of rotatable bonds is 8. The van der Waals surface area contributed by atoms with Crippen LogP contribution >= 0.6 is 11.3 Å². The number of thiophene rings is 1. The van der Waals surface area contributed by atoms with Crippen LogP contribution in [-0.2, 0) is 9.53 Å². The summed E-state index contributed by atoms with van der Waals surface area (Å²) in [6.45, 7) is 2.02. The number of ether oxygens (including phenoxy) is 3. The van der Waals surface area contributed by atoms with Gasteiger partial charge in [-0.15, -0.1) is 11.3 Å². The Bertz CT molecular complexity index is 886. The Morgan fingerprint density at radius 3 is 2.50 bits per heavy atom. The Kier molecular flexibility index (Phi) is 7.74. The normalized spacial score (nSPS) is 14.2. The first-order valence-corrected chi connectivity index (χ1v) is 11.3. The molecule has 0 unspecified atom stereocenters. The lowest BCUT2D eigenvalue weighted by Gasteiger charge is -2.20. The lowest BCUT2D eigenvalue weighted by atomic mass is 9.87. The first-order chi connectivity index (χ1) is 14.6. The number of benzene rings is 1. The second kappa shape index (κ2) is 10.5. The van der Waals surface area contributed by atoms with E-state index in [4.69, 9.17) is 14.2 Å². The van der Waals surface area contributed by atoms with Crippen molar-refractivity contribution in [2.75, 3.05) is 26.1 Å². The van der Waals surface area contributed by atoms with Gasteiger partial charge >= 0.3 is 5.97 Å². The average molecular weight is 432 g/mol. The largest absolute Gasteiger partial charge is 0.493 e. The summed E-state index contributed by atoms with van der Waals surface area (Å²) in [4.78, 5) is 25.4. The molecule has 1 heterocycles. The molecule has 1 amide bonds. The molecule has 3 rings (SSSR count). The number of hydrogen-bond donors (Lipinski definition) is 1. The highest BCUT2D eigenvalue weighted by Gasteiger charge is 2.25. The molecule has 0 spiro atoms. The van der Waals surface area contributed by atoms with Gasteiger partial charge in [0.15, 0.2) is 11.5 Å². The number of hydrogen-bond acceptors (Lipinski definition) is 6.